The SMILES string of the molecule is Nc1cc(CCC(=O)NC2CCCC2)ccc1N1CCCC1. The van der Waals surface area contributed by atoms with Gasteiger partial charge < -0.3 is 16.0 Å². The zero-order valence-corrected chi connectivity index (χ0v) is 13.3. The van der Waals surface area contributed by atoms with E-state index in [1.807, 2.05) is 6.07 Å². The molecule has 1 aliphatic heterocycles. The van der Waals surface area contributed by atoms with Crippen molar-refractivity contribution < 1.29 is 4.79 Å². The molecule has 4 heteroatoms. The lowest BCUT2D eigenvalue weighted by Gasteiger charge is -2.20. The Morgan fingerprint density at radius 2 is 1.91 bits per heavy atom. The van der Waals surface area contributed by atoms with Crippen LogP contribution in [0.4, 0.5) is 11.4 Å². The smallest absolute Gasteiger partial charge is 0.220 e. The molecular weight excluding hydrogens is 274 g/mol. The summed E-state index contributed by atoms with van der Waals surface area (Å²) in [4.78, 5) is 14.3. The summed E-state index contributed by atoms with van der Waals surface area (Å²) in [5.41, 5.74) is 9.34. The van der Waals surface area contributed by atoms with Gasteiger partial charge in [0.1, 0.15) is 0 Å². The minimum absolute atomic E-state index is 0.175. The van der Waals surface area contributed by atoms with Crippen LogP contribution in [0.25, 0.3) is 0 Å². The standard InChI is InChI=1S/C18H27N3O/c19-16-13-14(7-9-17(16)21-11-3-4-12-21)8-10-18(22)20-15-5-1-2-6-15/h7,9,13,15H,1-6,8,10-12,19H2,(H,20,22). The normalized spacial score (nSPS) is 18.8. The molecule has 1 heterocycles. The fourth-order valence-electron chi connectivity index (χ4n) is 3.63. The van der Waals surface area contributed by atoms with Gasteiger partial charge >= 0.3 is 0 Å². The minimum atomic E-state index is 0.175. The Balaban J connectivity index is 1.51. The fourth-order valence-corrected chi connectivity index (χ4v) is 3.63. The topological polar surface area (TPSA) is 58.4 Å². The Bertz CT molecular complexity index is 517. The van der Waals surface area contributed by atoms with Gasteiger partial charge in [-0.15, -0.1) is 0 Å². The van der Waals surface area contributed by atoms with Crippen LogP contribution in [0, 0.1) is 0 Å². The third-order valence-electron chi connectivity index (χ3n) is 4.90. The van der Waals surface area contributed by atoms with Crippen LogP contribution in [0.3, 0.4) is 0 Å². The second-order valence-corrected chi connectivity index (χ2v) is 6.64. The van der Waals surface area contributed by atoms with Crippen molar-refractivity contribution in [2.75, 3.05) is 23.7 Å². The first-order valence-electron chi connectivity index (χ1n) is 8.65. The van der Waals surface area contributed by atoms with Crippen LogP contribution in [-0.4, -0.2) is 25.0 Å². The number of nitrogens with one attached hydrogen (secondary N) is 1. The molecule has 0 spiro atoms. The van der Waals surface area contributed by atoms with E-state index < -0.39 is 0 Å². The molecule has 1 saturated carbocycles. The first kappa shape index (κ1) is 15.2. The van der Waals surface area contributed by atoms with Crippen molar-refractivity contribution in [1.82, 2.24) is 5.32 Å². The molecule has 2 aliphatic rings. The lowest BCUT2D eigenvalue weighted by molar-refractivity contribution is -0.121. The maximum atomic E-state index is 12.0. The van der Waals surface area contributed by atoms with Crippen molar-refractivity contribution in [1.29, 1.82) is 0 Å². The number of hydrogen-bond donors (Lipinski definition) is 2. The largest absolute Gasteiger partial charge is 0.397 e. The van der Waals surface area contributed by atoms with Crippen molar-refractivity contribution in [3.8, 4) is 0 Å². The highest BCUT2D eigenvalue weighted by Gasteiger charge is 2.17. The molecule has 1 aromatic carbocycles. The molecule has 1 aliphatic carbocycles. The van der Waals surface area contributed by atoms with E-state index in [2.05, 4.69) is 22.3 Å². The van der Waals surface area contributed by atoms with Crippen molar-refractivity contribution in [2.24, 2.45) is 0 Å². The molecule has 4 nitrogen and oxygen atoms in total. The maximum Gasteiger partial charge on any atom is 0.220 e. The zero-order chi connectivity index (χ0) is 15.4. The predicted octanol–water partition coefficient (Wildman–Crippen LogP) is 2.86. The average Bonchev–Trinajstić information content (AvgIpc) is 3.18. The van der Waals surface area contributed by atoms with Crippen molar-refractivity contribution in [3.05, 3.63) is 23.8 Å². The van der Waals surface area contributed by atoms with Crippen molar-refractivity contribution in [3.63, 3.8) is 0 Å². The van der Waals surface area contributed by atoms with Gasteiger partial charge in [-0.05, 0) is 49.8 Å². The van der Waals surface area contributed by atoms with Crippen molar-refractivity contribution in [2.45, 2.75) is 57.4 Å². The first-order valence-corrected chi connectivity index (χ1v) is 8.65. The second-order valence-electron chi connectivity index (χ2n) is 6.64. The van der Waals surface area contributed by atoms with Gasteiger partial charge in [0.2, 0.25) is 5.91 Å². The monoisotopic (exact) mass is 301 g/mol. The number of aryl methyl sites for hydroxylation is 1. The van der Waals surface area contributed by atoms with E-state index in [0.717, 1.165) is 49.3 Å². The summed E-state index contributed by atoms with van der Waals surface area (Å²) in [7, 11) is 0. The number of nitrogen functional groups attached to an aromatic ring is 1. The van der Waals surface area contributed by atoms with E-state index >= 15 is 0 Å². The van der Waals surface area contributed by atoms with E-state index in [4.69, 9.17) is 5.73 Å². The Hall–Kier alpha value is -1.71. The van der Waals surface area contributed by atoms with Gasteiger partial charge in [0.05, 0.1) is 11.4 Å². The maximum absolute atomic E-state index is 12.0. The number of nitrogens with two attached hydrogens (primary N) is 1. The summed E-state index contributed by atoms with van der Waals surface area (Å²) < 4.78 is 0. The number of nitrogens with zero attached hydrogens (tertiary/aromatic N) is 1. The summed E-state index contributed by atoms with van der Waals surface area (Å²) in [5, 5.41) is 3.14. The summed E-state index contributed by atoms with van der Waals surface area (Å²) in [6, 6.07) is 6.68. The van der Waals surface area contributed by atoms with E-state index in [-0.39, 0.29) is 5.91 Å². The van der Waals surface area contributed by atoms with E-state index in [1.165, 1.54) is 25.7 Å². The lowest BCUT2D eigenvalue weighted by atomic mass is 10.1. The minimum Gasteiger partial charge on any atom is -0.397 e. The molecule has 1 aromatic rings. The molecular formula is C18H27N3O. The van der Waals surface area contributed by atoms with Crippen LogP contribution in [0.2, 0.25) is 0 Å². The quantitative estimate of drug-likeness (QED) is 0.822. The number of anilines is 2. The van der Waals surface area contributed by atoms with Gasteiger partial charge in [0, 0.05) is 25.6 Å². The van der Waals surface area contributed by atoms with Crippen LogP contribution in [0.5, 0.6) is 0 Å². The van der Waals surface area contributed by atoms with Crippen molar-refractivity contribution >= 4 is 17.3 Å². The number of rotatable bonds is 5. The third kappa shape index (κ3) is 3.73. The van der Waals surface area contributed by atoms with Gasteiger partial charge in [0.25, 0.3) is 0 Å². The molecule has 2 fully saturated rings. The summed E-state index contributed by atoms with van der Waals surface area (Å²) in [6.45, 7) is 2.21. The predicted molar refractivity (Wildman–Crippen MR) is 91.0 cm³/mol. The van der Waals surface area contributed by atoms with Gasteiger partial charge in [-0.25, -0.2) is 0 Å². The third-order valence-corrected chi connectivity index (χ3v) is 4.90. The molecule has 0 bridgehead atoms. The van der Waals surface area contributed by atoms with E-state index in [0.29, 0.717) is 12.5 Å². The number of benzene rings is 1. The molecule has 0 radical (unpaired) electrons. The number of carbonyl (C=O) groups is 1. The van der Waals surface area contributed by atoms with Crippen LogP contribution in [0.15, 0.2) is 18.2 Å². The molecule has 120 valence electrons. The fraction of sp³-hybridized carbons (Fsp3) is 0.611. The Labute approximate surface area is 133 Å². The van der Waals surface area contributed by atoms with E-state index in [9.17, 15) is 4.79 Å². The molecule has 1 saturated heterocycles. The summed E-state index contributed by atoms with van der Waals surface area (Å²) >= 11 is 0. The van der Waals surface area contributed by atoms with Gasteiger partial charge in [-0.3, -0.25) is 4.79 Å². The highest BCUT2D eigenvalue weighted by molar-refractivity contribution is 5.77. The van der Waals surface area contributed by atoms with Crippen LogP contribution in [-0.2, 0) is 11.2 Å². The van der Waals surface area contributed by atoms with Gasteiger partial charge in [0.15, 0.2) is 0 Å². The number of hydrogen-bond acceptors (Lipinski definition) is 3. The summed E-state index contributed by atoms with van der Waals surface area (Å²) in [6.07, 6.45) is 8.61. The number of carbonyl (C=O) groups excluding carboxylic acids is 1. The highest BCUT2D eigenvalue weighted by Crippen LogP contribution is 2.28. The highest BCUT2D eigenvalue weighted by atomic mass is 16.1. The first-order chi connectivity index (χ1) is 10.7. The summed E-state index contributed by atoms with van der Waals surface area (Å²) in [5.74, 6) is 0.175. The molecule has 1 amide bonds. The molecule has 22 heavy (non-hydrogen) atoms. The second kappa shape index (κ2) is 7.03. The molecule has 0 aromatic heterocycles. The average molecular weight is 301 g/mol. The van der Waals surface area contributed by atoms with Crippen LogP contribution < -0.4 is 16.0 Å². The molecule has 0 atom stereocenters. The number of amides is 1. The molecule has 3 N–H and O–H groups in total. The van der Waals surface area contributed by atoms with Crippen LogP contribution in [0.1, 0.15) is 50.5 Å². The van der Waals surface area contributed by atoms with E-state index in [1.54, 1.807) is 0 Å². The zero-order valence-electron chi connectivity index (χ0n) is 13.3. The van der Waals surface area contributed by atoms with Crippen LogP contribution >= 0.6 is 0 Å². The Kier molecular flexibility index (Phi) is 4.86. The lowest BCUT2D eigenvalue weighted by Crippen LogP contribution is -2.32. The van der Waals surface area contributed by atoms with Gasteiger partial charge in [-0.2, -0.15) is 0 Å². The van der Waals surface area contributed by atoms with Gasteiger partial charge in [-0.1, -0.05) is 18.9 Å². The molecule has 3 rings (SSSR count). The molecule has 0 unspecified atom stereocenters. The Morgan fingerprint density at radius 3 is 2.59 bits per heavy atom. The Morgan fingerprint density at radius 1 is 1.18 bits per heavy atom.